The zero-order valence-electron chi connectivity index (χ0n) is 18.0. The molecule has 0 aliphatic carbocycles. The van der Waals surface area contributed by atoms with Gasteiger partial charge in [-0.25, -0.2) is 13.8 Å². The van der Waals surface area contributed by atoms with E-state index in [-0.39, 0.29) is 55.0 Å². The van der Waals surface area contributed by atoms with Crippen molar-refractivity contribution in [1.29, 1.82) is 0 Å². The van der Waals surface area contributed by atoms with E-state index in [2.05, 4.69) is 10.3 Å². The molecule has 34 heavy (non-hydrogen) atoms. The summed E-state index contributed by atoms with van der Waals surface area (Å²) in [4.78, 5) is 30.8. The molecule has 0 atom stereocenters. The molecule has 0 fully saturated rings. The van der Waals surface area contributed by atoms with E-state index in [1.165, 1.54) is 23.4 Å². The number of nitrogens with zero attached hydrogens (tertiary/aromatic N) is 2. The first-order valence-corrected chi connectivity index (χ1v) is 10.5. The van der Waals surface area contributed by atoms with Crippen LogP contribution in [0.3, 0.4) is 0 Å². The molecule has 2 aromatic carbocycles. The number of amides is 2. The Balaban J connectivity index is 1.41. The second kappa shape index (κ2) is 10.6. The number of aromatic nitrogens is 1. The van der Waals surface area contributed by atoms with E-state index in [1.807, 2.05) is 6.07 Å². The second-order valence-electron chi connectivity index (χ2n) is 7.46. The van der Waals surface area contributed by atoms with Gasteiger partial charge in [0.1, 0.15) is 23.9 Å². The van der Waals surface area contributed by atoms with Crippen LogP contribution in [0.2, 0.25) is 0 Å². The molecule has 4 rings (SSSR count). The summed E-state index contributed by atoms with van der Waals surface area (Å²) < 4.78 is 38.8. The van der Waals surface area contributed by atoms with Crippen LogP contribution in [-0.2, 0) is 22.6 Å². The molecule has 7 nitrogen and oxygen atoms in total. The molecule has 2 heterocycles. The molecule has 174 valence electrons. The molecule has 0 aliphatic heterocycles. The maximum atomic E-state index is 14.0. The van der Waals surface area contributed by atoms with Crippen LogP contribution in [0.5, 0.6) is 0 Å². The molecule has 2 aromatic heterocycles. The third kappa shape index (κ3) is 5.74. The molecule has 0 radical (unpaired) electrons. The minimum absolute atomic E-state index is 0.0287. The maximum Gasteiger partial charge on any atom is 0.244 e. The largest absolute Gasteiger partial charge is 0.467 e. The third-order valence-corrected chi connectivity index (χ3v) is 4.99. The number of hydrogen-bond acceptors (Lipinski definition) is 5. The van der Waals surface area contributed by atoms with Crippen LogP contribution >= 0.6 is 0 Å². The predicted molar refractivity (Wildman–Crippen MR) is 119 cm³/mol. The van der Waals surface area contributed by atoms with Gasteiger partial charge in [-0.3, -0.25) is 9.59 Å². The number of carbonyl (C=O) groups is 2. The quantitative estimate of drug-likeness (QED) is 0.383. The highest BCUT2D eigenvalue weighted by molar-refractivity contribution is 5.94. The van der Waals surface area contributed by atoms with E-state index >= 15 is 0 Å². The Bertz CT molecular complexity index is 1240. The molecule has 0 aliphatic rings. The lowest BCUT2D eigenvalue weighted by molar-refractivity contribution is -0.135. The van der Waals surface area contributed by atoms with Gasteiger partial charge in [-0.15, -0.1) is 0 Å². The SMILES string of the molecule is O=C(CN(Cc1ccco1)C(=O)CCc1ncc(-c2c(F)cccc2F)o1)Nc1ccccc1. The molecule has 0 bridgehead atoms. The Morgan fingerprint density at radius 3 is 2.44 bits per heavy atom. The van der Waals surface area contributed by atoms with Crippen molar-refractivity contribution < 1.29 is 27.2 Å². The van der Waals surface area contributed by atoms with Crippen molar-refractivity contribution in [3.05, 3.63) is 96.4 Å². The third-order valence-electron chi connectivity index (χ3n) is 4.99. The fourth-order valence-corrected chi connectivity index (χ4v) is 3.36. The Morgan fingerprint density at radius 1 is 0.971 bits per heavy atom. The van der Waals surface area contributed by atoms with Crippen molar-refractivity contribution in [2.45, 2.75) is 19.4 Å². The Labute approximate surface area is 194 Å². The maximum absolute atomic E-state index is 14.0. The summed E-state index contributed by atoms with van der Waals surface area (Å²) in [7, 11) is 0. The van der Waals surface area contributed by atoms with Crippen LogP contribution < -0.4 is 5.32 Å². The van der Waals surface area contributed by atoms with Gasteiger partial charge in [-0.05, 0) is 36.4 Å². The normalized spacial score (nSPS) is 10.8. The standard InChI is InChI=1S/C25H21F2N3O4/c26-19-9-4-10-20(27)25(19)21-14-28-23(34-21)11-12-24(32)30(15-18-8-5-13-33-18)16-22(31)29-17-6-2-1-3-7-17/h1-10,13-14H,11-12,15-16H2,(H,29,31). The number of oxazole rings is 1. The number of benzene rings is 2. The van der Waals surface area contributed by atoms with Gasteiger partial charge < -0.3 is 19.1 Å². The molecule has 0 saturated heterocycles. The van der Waals surface area contributed by atoms with E-state index in [4.69, 9.17) is 8.83 Å². The first-order chi connectivity index (χ1) is 16.5. The highest BCUT2D eigenvalue weighted by atomic mass is 19.1. The number of aryl methyl sites for hydroxylation is 1. The van der Waals surface area contributed by atoms with E-state index in [1.54, 1.807) is 36.4 Å². The summed E-state index contributed by atoms with van der Waals surface area (Å²) in [6.45, 7) is -0.0863. The van der Waals surface area contributed by atoms with Crippen molar-refractivity contribution in [2.24, 2.45) is 0 Å². The highest BCUT2D eigenvalue weighted by Crippen LogP contribution is 2.27. The van der Waals surface area contributed by atoms with Crippen molar-refractivity contribution in [2.75, 3.05) is 11.9 Å². The summed E-state index contributed by atoms with van der Waals surface area (Å²) in [6.07, 6.45) is 2.76. The van der Waals surface area contributed by atoms with Gasteiger partial charge in [0.2, 0.25) is 11.8 Å². The number of rotatable bonds is 9. The van der Waals surface area contributed by atoms with Gasteiger partial charge >= 0.3 is 0 Å². The zero-order valence-corrected chi connectivity index (χ0v) is 18.0. The molecular weight excluding hydrogens is 444 g/mol. The summed E-state index contributed by atoms with van der Waals surface area (Å²) in [5, 5.41) is 2.75. The van der Waals surface area contributed by atoms with Crippen LogP contribution in [0.1, 0.15) is 18.1 Å². The van der Waals surface area contributed by atoms with Crippen molar-refractivity contribution in [3.63, 3.8) is 0 Å². The number of anilines is 1. The average Bonchev–Trinajstić information content (AvgIpc) is 3.50. The number of carbonyl (C=O) groups excluding carboxylic acids is 2. The van der Waals surface area contributed by atoms with Crippen LogP contribution in [-0.4, -0.2) is 28.2 Å². The Kier molecular flexibility index (Phi) is 7.12. The molecule has 9 heteroatoms. The van der Waals surface area contributed by atoms with E-state index in [0.29, 0.717) is 11.4 Å². The van der Waals surface area contributed by atoms with Crippen molar-refractivity contribution in [1.82, 2.24) is 9.88 Å². The number of furan rings is 1. The van der Waals surface area contributed by atoms with Crippen LogP contribution in [0.25, 0.3) is 11.3 Å². The first-order valence-electron chi connectivity index (χ1n) is 10.5. The van der Waals surface area contributed by atoms with Gasteiger partial charge in [0, 0.05) is 18.5 Å². The van der Waals surface area contributed by atoms with Gasteiger partial charge in [0.25, 0.3) is 0 Å². The number of hydrogen-bond donors (Lipinski definition) is 1. The lowest BCUT2D eigenvalue weighted by atomic mass is 10.1. The molecule has 0 unspecified atom stereocenters. The van der Waals surface area contributed by atoms with Gasteiger partial charge in [-0.2, -0.15) is 0 Å². The van der Waals surface area contributed by atoms with Gasteiger partial charge in [-0.1, -0.05) is 24.3 Å². The van der Waals surface area contributed by atoms with Crippen LogP contribution in [0, 0.1) is 11.6 Å². The second-order valence-corrected chi connectivity index (χ2v) is 7.46. The molecule has 4 aromatic rings. The zero-order chi connectivity index (χ0) is 23.9. The first kappa shape index (κ1) is 22.9. The smallest absolute Gasteiger partial charge is 0.244 e. The average molecular weight is 465 g/mol. The predicted octanol–water partition coefficient (Wildman–Crippen LogP) is 4.81. The van der Waals surface area contributed by atoms with Crippen LogP contribution in [0.4, 0.5) is 14.5 Å². The molecule has 0 spiro atoms. The van der Waals surface area contributed by atoms with Crippen LogP contribution in [0.15, 0.2) is 82.0 Å². The minimum Gasteiger partial charge on any atom is -0.467 e. The summed E-state index contributed by atoms with van der Waals surface area (Å²) in [5.74, 6) is -1.63. The lowest BCUT2D eigenvalue weighted by Gasteiger charge is -2.21. The monoisotopic (exact) mass is 465 g/mol. The van der Waals surface area contributed by atoms with Gasteiger partial charge in [0.15, 0.2) is 11.7 Å². The lowest BCUT2D eigenvalue weighted by Crippen LogP contribution is -2.37. The van der Waals surface area contributed by atoms with Crippen molar-refractivity contribution >= 4 is 17.5 Å². The Hall–Kier alpha value is -4.27. The molecular formula is C25H21F2N3O4. The fourth-order valence-electron chi connectivity index (χ4n) is 3.36. The summed E-state index contributed by atoms with van der Waals surface area (Å²) >= 11 is 0. The summed E-state index contributed by atoms with van der Waals surface area (Å²) in [6, 6.07) is 15.8. The topological polar surface area (TPSA) is 88.6 Å². The Morgan fingerprint density at radius 2 is 1.74 bits per heavy atom. The van der Waals surface area contributed by atoms with E-state index in [9.17, 15) is 18.4 Å². The minimum atomic E-state index is -0.771. The van der Waals surface area contributed by atoms with Crippen molar-refractivity contribution in [3.8, 4) is 11.3 Å². The summed E-state index contributed by atoms with van der Waals surface area (Å²) in [5.41, 5.74) is 0.301. The van der Waals surface area contributed by atoms with E-state index in [0.717, 1.165) is 12.1 Å². The number of nitrogens with one attached hydrogen (secondary N) is 1. The molecule has 0 saturated carbocycles. The van der Waals surface area contributed by atoms with Gasteiger partial charge in [0.05, 0.1) is 24.6 Å². The molecule has 2 amide bonds. The van der Waals surface area contributed by atoms with E-state index < -0.39 is 11.6 Å². The fraction of sp³-hybridized carbons (Fsp3) is 0.160. The number of halogens is 2. The number of para-hydroxylation sites is 1. The molecule has 1 N–H and O–H groups in total. The highest BCUT2D eigenvalue weighted by Gasteiger charge is 2.21.